The number of amides is 2. The van der Waals surface area contributed by atoms with Gasteiger partial charge in [0, 0.05) is 18.0 Å². The highest BCUT2D eigenvalue weighted by atomic mass is 32.2. The zero-order valence-electron chi connectivity index (χ0n) is 12.8. The molecule has 2 heterocycles. The Kier molecular flexibility index (Phi) is 5.03. The monoisotopic (exact) mass is 346 g/mol. The van der Waals surface area contributed by atoms with Crippen LogP contribution >= 0.6 is 23.1 Å². The van der Waals surface area contributed by atoms with Gasteiger partial charge in [0.15, 0.2) is 0 Å². The van der Waals surface area contributed by atoms with E-state index in [4.69, 9.17) is 0 Å². The quantitative estimate of drug-likeness (QED) is 0.869. The average Bonchev–Trinajstić information content (AvgIpc) is 2.97. The first-order valence-corrected chi connectivity index (χ1v) is 9.55. The van der Waals surface area contributed by atoms with Crippen molar-refractivity contribution < 1.29 is 9.59 Å². The van der Waals surface area contributed by atoms with Gasteiger partial charge in [0.25, 0.3) is 5.91 Å². The fourth-order valence-corrected chi connectivity index (χ4v) is 4.49. The smallest absolute Gasteiger partial charge is 0.265 e. The normalized spacial score (nSPS) is 18.4. The van der Waals surface area contributed by atoms with Gasteiger partial charge in [-0.2, -0.15) is 0 Å². The van der Waals surface area contributed by atoms with Crippen molar-refractivity contribution >= 4 is 34.9 Å². The lowest BCUT2D eigenvalue weighted by molar-refractivity contribution is -0.121. The number of nitrogens with one attached hydrogen (secondary N) is 1. The molecule has 6 heteroatoms. The van der Waals surface area contributed by atoms with Crippen molar-refractivity contribution in [1.82, 2.24) is 10.2 Å². The fourth-order valence-electron chi connectivity index (χ4n) is 2.79. The lowest BCUT2D eigenvalue weighted by Gasteiger charge is -2.29. The second kappa shape index (κ2) is 7.19. The molecule has 1 aliphatic rings. The van der Waals surface area contributed by atoms with Crippen molar-refractivity contribution in [3.8, 4) is 0 Å². The molecule has 1 N–H and O–H groups in total. The lowest BCUT2D eigenvalue weighted by Crippen LogP contribution is -2.36. The Balaban J connectivity index is 1.96. The van der Waals surface area contributed by atoms with Crippen LogP contribution in [0, 0.1) is 0 Å². The summed E-state index contributed by atoms with van der Waals surface area (Å²) < 4.78 is 0. The summed E-state index contributed by atoms with van der Waals surface area (Å²) in [6.45, 7) is 1.02. The van der Waals surface area contributed by atoms with Gasteiger partial charge in [-0.25, -0.2) is 0 Å². The van der Waals surface area contributed by atoms with Gasteiger partial charge in [-0.05, 0) is 23.3 Å². The third kappa shape index (κ3) is 3.43. The van der Waals surface area contributed by atoms with Gasteiger partial charge >= 0.3 is 0 Å². The number of carbonyl (C=O) groups is 2. The molecule has 23 heavy (non-hydrogen) atoms. The molecule has 2 amide bonds. The number of thiophene rings is 1. The molecular formula is C17H18N2O2S2. The zero-order chi connectivity index (χ0) is 16.2. The molecule has 0 radical (unpaired) electrons. The molecule has 1 unspecified atom stereocenters. The Morgan fingerprint density at radius 1 is 1.30 bits per heavy atom. The Morgan fingerprint density at radius 3 is 2.83 bits per heavy atom. The second-order valence-corrected chi connectivity index (χ2v) is 7.06. The van der Waals surface area contributed by atoms with Crippen LogP contribution < -0.4 is 5.32 Å². The molecular weight excluding hydrogens is 328 g/mol. The first-order chi connectivity index (χ1) is 11.2. The van der Waals surface area contributed by atoms with E-state index in [-0.39, 0.29) is 17.9 Å². The van der Waals surface area contributed by atoms with E-state index in [1.54, 1.807) is 11.8 Å². The van der Waals surface area contributed by atoms with Crippen LogP contribution in [0.4, 0.5) is 0 Å². The molecule has 1 atom stereocenters. The summed E-state index contributed by atoms with van der Waals surface area (Å²) >= 11 is 3.04. The molecule has 0 saturated carbocycles. The van der Waals surface area contributed by atoms with Gasteiger partial charge in [0.2, 0.25) is 5.91 Å². The maximum atomic E-state index is 13.1. The van der Waals surface area contributed by atoms with E-state index in [0.717, 1.165) is 15.3 Å². The molecule has 120 valence electrons. The van der Waals surface area contributed by atoms with E-state index < -0.39 is 0 Å². The third-order valence-corrected chi connectivity index (χ3v) is 5.73. The number of carbonyl (C=O) groups excluding carboxylic acids is 2. The first-order valence-electron chi connectivity index (χ1n) is 7.45. The predicted octanol–water partition coefficient (Wildman–Crippen LogP) is 3.17. The Labute approximate surface area is 143 Å². The Morgan fingerprint density at radius 2 is 2.09 bits per heavy atom. The largest absolute Gasteiger partial charge is 0.354 e. The molecule has 4 nitrogen and oxygen atoms in total. The number of benzene rings is 1. The minimum Gasteiger partial charge on any atom is -0.354 e. The average molecular weight is 346 g/mol. The Bertz CT molecular complexity index is 700. The summed E-state index contributed by atoms with van der Waals surface area (Å²) in [5.41, 5.74) is 1.00. The topological polar surface area (TPSA) is 49.4 Å². The summed E-state index contributed by atoms with van der Waals surface area (Å²) in [5.74, 6) is 0.000116. The fraction of sp³-hybridized carbons (Fsp3) is 0.294. The van der Waals surface area contributed by atoms with E-state index in [0.29, 0.717) is 19.5 Å². The van der Waals surface area contributed by atoms with Crippen LogP contribution in [0.25, 0.3) is 0 Å². The SMILES string of the molecule is CSc1ccsc1C(=O)N1CCNC(=O)CC1c1ccccc1. The summed E-state index contributed by atoms with van der Waals surface area (Å²) in [6.07, 6.45) is 2.27. The molecule has 1 aliphatic heterocycles. The Hall–Kier alpha value is -1.79. The van der Waals surface area contributed by atoms with E-state index in [9.17, 15) is 9.59 Å². The molecule has 2 aromatic rings. The zero-order valence-corrected chi connectivity index (χ0v) is 14.5. The third-order valence-electron chi connectivity index (χ3n) is 3.92. The number of rotatable bonds is 3. The summed E-state index contributed by atoms with van der Waals surface area (Å²) in [7, 11) is 0. The first kappa shape index (κ1) is 16.1. The van der Waals surface area contributed by atoms with Gasteiger partial charge in [0.05, 0.1) is 12.5 Å². The van der Waals surface area contributed by atoms with Crippen LogP contribution in [0.2, 0.25) is 0 Å². The molecule has 1 aromatic heterocycles. The van der Waals surface area contributed by atoms with Gasteiger partial charge < -0.3 is 10.2 Å². The molecule has 1 aromatic carbocycles. The summed E-state index contributed by atoms with van der Waals surface area (Å²) in [4.78, 5) is 28.6. The maximum Gasteiger partial charge on any atom is 0.265 e. The maximum absolute atomic E-state index is 13.1. The number of thioether (sulfide) groups is 1. The highest BCUT2D eigenvalue weighted by molar-refractivity contribution is 7.98. The van der Waals surface area contributed by atoms with Gasteiger partial charge in [-0.1, -0.05) is 30.3 Å². The van der Waals surface area contributed by atoms with Crippen LogP contribution in [-0.2, 0) is 4.79 Å². The van der Waals surface area contributed by atoms with E-state index in [1.165, 1.54) is 11.3 Å². The molecule has 3 rings (SSSR count). The van der Waals surface area contributed by atoms with Gasteiger partial charge in [-0.15, -0.1) is 23.1 Å². The van der Waals surface area contributed by atoms with Crippen LogP contribution in [0.5, 0.6) is 0 Å². The van der Waals surface area contributed by atoms with Gasteiger partial charge in [-0.3, -0.25) is 9.59 Å². The van der Waals surface area contributed by atoms with Crippen molar-refractivity contribution in [2.45, 2.75) is 17.4 Å². The van der Waals surface area contributed by atoms with Crippen LogP contribution in [-0.4, -0.2) is 36.1 Å². The van der Waals surface area contributed by atoms with Crippen molar-refractivity contribution in [2.24, 2.45) is 0 Å². The van der Waals surface area contributed by atoms with Crippen molar-refractivity contribution in [2.75, 3.05) is 19.3 Å². The minimum absolute atomic E-state index is 0.00887. The van der Waals surface area contributed by atoms with E-state index >= 15 is 0 Å². The van der Waals surface area contributed by atoms with Crippen molar-refractivity contribution in [3.63, 3.8) is 0 Å². The van der Waals surface area contributed by atoms with Crippen molar-refractivity contribution in [3.05, 3.63) is 52.2 Å². The van der Waals surface area contributed by atoms with Crippen LogP contribution in [0.15, 0.2) is 46.7 Å². The molecule has 0 aliphatic carbocycles. The van der Waals surface area contributed by atoms with Crippen molar-refractivity contribution in [1.29, 1.82) is 0 Å². The van der Waals surface area contributed by atoms with E-state index in [2.05, 4.69) is 5.32 Å². The molecule has 0 spiro atoms. The number of hydrogen-bond acceptors (Lipinski definition) is 4. The highest BCUT2D eigenvalue weighted by Crippen LogP contribution is 2.32. The highest BCUT2D eigenvalue weighted by Gasteiger charge is 2.31. The second-order valence-electron chi connectivity index (χ2n) is 5.30. The lowest BCUT2D eigenvalue weighted by atomic mass is 10.0. The van der Waals surface area contributed by atoms with E-state index in [1.807, 2.05) is 52.9 Å². The number of hydrogen-bond donors (Lipinski definition) is 1. The number of nitrogens with zero attached hydrogens (tertiary/aromatic N) is 1. The molecule has 1 fully saturated rings. The van der Waals surface area contributed by atoms with Crippen LogP contribution in [0.3, 0.4) is 0 Å². The minimum atomic E-state index is -0.219. The molecule has 0 bridgehead atoms. The molecule has 1 saturated heterocycles. The van der Waals surface area contributed by atoms with Crippen LogP contribution in [0.1, 0.15) is 27.7 Å². The summed E-state index contributed by atoms with van der Waals surface area (Å²) in [5, 5.41) is 4.81. The standard InChI is InChI=1S/C17H18N2O2S2/c1-22-14-7-10-23-16(14)17(21)19-9-8-18-15(20)11-13(19)12-5-3-2-4-6-12/h2-7,10,13H,8-9,11H2,1H3,(H,18,20). The van der Waals surface area contributed by atoms with Gasteiger partial charge in [0.1, 0.15) is 4.88 Å². The predicted molar refractivity (Wildman–Crippen MR) is 93.9 cm³/mol. The summed E-state index contributed by atoms with van der Waals surface area (Å²) in [6, 6.07) is 11.5.